The van der Waals surface area contributed by atoms with Gasteiger partial charge in [-0.05, 0) is 62.4 Å². The molecule has 6 nitrogen and oxygen atoms in total. The first-order valence-electron chi connectivity index (χ1n) is 10.7. The fourth-order valence-electron chi connectivity index (χ4n) is 3.78. The van der Waals surface area contributed by atoms with Gasteiger partial charge in [-0.1, -0.05) is 0 Å². The average Bonchev–Trinajstić information content (AvgIpc) is 3.30. The van der Waals surface area contributed by atoms with Crippen LogP contribution in [-0.2, 0) is 6.54 Å². The molecule has 0 fully saturated rings. The van der Waals surface area contributed by atoms with Crippen molar-refractivity contribution in [3.05, 3.63) is 90.1 Å². The predicted molar refractivity (Wildman–Crippen MR) is 121 cm³/mol. The molecule has 9 heteroatoms. The van der Waals surface area contributed by atoms with Gasteiger partial charge in [0.05, 0.1) is 17.8 Å². The highest BCUT2D eigenvalue weighted by Gasteiger charge is 2.25. The second kappa shape index (κ2) is 9.86. The van der Waals surface area contributed by atoms with E-state index in [-0.39, 0.29) is 17.5 Å². The van der Waals surface area contributed by atoms with Crippen LogP contribution in [0.1, 0.15) is 24.2 Å². The number of likely N-dealkylation sites (N-methyl/N-ethyl adjacent to an activating group) is 1. The highest BCUT2D eigenvalue weighted by atomic mass is 19.2. The number of hydrogen-bond acceptors (Lipinski definition) is 4. The summed E-state index contributed by atoms with van der Waals surface area (Å²) < 4.78 is 42.5. The van der Waals surface area contributed by atoms with Crippen molar-refractivity contribution < 1.29 is 18.0 Å². The van der Waals surface area contributed by atoms with Crippen LogP contribution in [0.5, 0.6) is 0 Å². The molecule has 0 unspecified atom stereocenters. The minimum atomic E-state index is -0.948. The van der Waals surface area contributed by atoms with E-state index < -0.39 is 17.5 Å². The summed E-state index contributed by atoms with van der Waals surface area (Å²) in [6.07, 6.45) is 4.82. The number of benzene rings is 2. The van der Waals surface area contributed by atoms with Crippen LogP contribution >= 0.6 is 0 Å². The highest BCUT2D eigenvalue weighted by Crippen LogP contribution is 2.24. The van der Waals surface area contributed by atoms with Crippen LogP contribution in [0.3, 0.4) is 0 Å². The van der Waals surface area contributed by atoms with E-state index in [1.165, 1.54) is 24.3 Å². The van der Waals surface area contributed by atoms with E-state index in [4.69, 9.17) is 0 Å². The van der Waals surface area contributed by atoms with Gasteiger partial charge in [-0.25, -0.2) is 23.1 Å². The Morgan fingerprint density at radius 3 is 2.50 bits per heavy atom. The molecular formula is C25H22F3N5O. The summed E-state index contributed by atoms with van der Waals surface area (Å²) >= 11 is 0. The lowest BCUT2D eigenvalue weighted by atomic mass is 10.0. The number of amides is 1. The summed E-state index contributed by atoms with van der Waals surface area (Å²) in [5, 5.41) is 4.43. The lowest BCUT2D eigenvalue weighted by molar-refractivity contribution is 0.0685. The van der Waals surface area contributed by atoms with Gasteiger partial charge in [-0.2, -0.15) is 5.10 Å². The van der Waals surface area contributed by atoms with Gasteiger partial charge in [0.1, 0.15) is 5.82 Å². The Bertz CT molecular complexity index is 1310. The topological polar surface area (TPSA) is 63.9 Å². The zero-order valence-electron chi connectivity index (χ0n) is 18.6. The molecule has 34 heavy (non-hydrogen) atoms. The first-order valence-corrected chi connectivity index (χ1v) is 10.7. The average molecular weight is 465 g/mol. The summed E-state index contributed by atoms with van der Waals surface area (Å²) in [5.41, 5.74) is 1.54. The van der Waals surface area contributed by atoms with E-state index in [9.17, 15) is 18.0 Å². The molecule has 0 bridgehead atoms. The second-order valence-electron chi connectivity index (χ2n) is 7.75. The second-order valence-corrected chi connectivity index (χ2v) is 7.75. The molecule has 0 saturated heterocycles. The van der Waals surface area contributed by atoms with E-state index in [1.807, 2.05) is 13.8 Å². The predicted octanol–water partition coefficient (Wildman–Crippen LogP) is 4.98. The number of carbonyl (C=O) groups is 1. The maximum absolute atomic E-state index is 14.1. The van der Waals surface area contributed by atoms with Crippen LogP contribution in [0.4, 0.5) is 13.2 Å². The fourth-order valence-corrected chi connectivity index (χ4v) is 3.78. The summed E-state index contributed by atoms with van der Waals surface area (Å²) in [7, 11) is 0. The van der Waals surface area contributed by atoms with Crippen LogP contribution in [0, 0.1) is 17.5 Å². The van der Waals surface area contributed by atoms with Crippen molar-refractivity contribution in [3.63, 3.8) is 0 Å². The summed E-state index contributed by atoms with van der Waals surface area (Å²) in [6.45, 7) is 4.42. The lowest BCUT2D eigenvalue weighted by Gasteiger charge is -2.29. The van der Waals surface area contributed by atoms with Crippen molar-refractivity contribution in [1.29, 1.82) is 0 Å². The minimum Gasteiger partial charge on any atom is -0.334 e. The largest absolute Gasteiger partial charge is 0.334 e. The van der Waals surface area contributed by atoms with Gasteiger partial charge in [0, 0.05) is 42.3 Å². The van der Waals surface area contributed by atoms with Crippen LogP contribution in [0.2, 0.25) is 0 Å². The van der Waals surface area contributed by atoms with Gasteiger partial charge < -0.3 is 4.90 Å². The summed E-state index contributed by atoms with van der Waals surface area (Å²) in [4.78, 5) is 23.4. The third-order valence-corrected chi connectivity index (χ3v) is 5.46. The Hall–Kier alpha value is -4.01. The minimum absolute atomic E-state index is 0.169. The van der Waals surface area contributed by atoms with Crippen molar-refractivity contribution >= 4 is 5.91 Å². The first-order chi connectivity index (χ1) is 16.4. The normalized spacial score (nSPS) is 11.9. The van der Waals surface area contributed by atoms with Gasteiger partial charge in [-0.15, -0.1) is 0 Å². The van der Waals surface area contributed by atoms with Crippen molar-refractivity contribution in [3.8, 4) is 22.6 Å². The number of rotatable bonds is 7. The van der Waals surface area contributed by atoms with Crippen molar-refractivity contribution in [2.24, 2.45) is 0 Å². The molecule has 0 spiro atoms. The van der Waals surface area contributed by atoms with Crippen molar-refractivity contribution in [2.75, 3.05) is 6.54 Å². The molecule has 0 aliphatic carbocycles. The van der Waals surface area contributed by atoms with Gasteiger partial charge in [0.25, 0.3) is 5.91 Å². The number of halogens is 3. The molecule has 0 N–H and O–H groups in total. The number of nitrogens with zero attached hydrogens (tertiary/aromatic N) is 5. The van der Waals surface area contributed by atoms with Crippen LogP contribution in [-0.4, -0.2) is 43.1 Å². The zero-order chi connectivity index (χ0) is 24.2. The maximum Gasteiger partial charge on any atom is 0.255 e. The van der Waals surface area contributed by atoms with Crippen LogP contribution < -0.4 is 0 Å². The lowest BCUT2D eigenvalue weighted by Crippen LogP contribution is -2.41. The Kier molecular flexibility index (Phi) is 6.72. The number of carbonyl (C=O) groups excluding carboxylic acids is 1. The van der Waals surface area contributed by atoms with E-state index >= 15 is 0 Å². The quantitative estimate of drug-likeness (QED) is 0.386. The monoisotopic (exact) mass is 465 g/mol. The maximum atomic E-state index is 14.1. The summed E-state index contributed by atoms with van der Waals surface area (Å²) in [6, 6.07) is 10.6. The molecule has 0 aliphatic rings. The van der Waals surface area contributed by atoms with E-state index in [1.54, 1.807) is 40.3 Å². The zero-order valence-corrected chi connectivity index (χ0v) is 18.6. The van der Waals surface area contributed by atoms with Crippen molar-refractivity contribution in [2.45, 2.75) is 26.4 Å². The SMILES string of the molecule is CCN(C(=O)c1cc(F)ccc1-c1ncccn1)[C@@H](C)Cn1ccc(-c2ccc(F)c(F)c2)n1. The Morgan fingerprint density at radius 2 is 1.79 bits per heavy atom. The van der Waals surface area contributed by atoms with E-state index in [0.29, 0.717) is 35.7 Å². The third-order valence-electron chi connectivity index (χ3n) is 5.46. The van der Waals surface area contributed by atoms with Gasteiger partial charge in [-0.3, -0.25) is 9.48 Å². The molecule has 1 atom stereocenters. The summed E-state index contributed by atoms with van der Waals surface area (Å²) in [5.74, 6) is -2.43. The molecule has 0 aliphatic heterocycles. The number of aromatic nitrogens is 4. The standard InChI is InChI=1S/C25H22F3N5O/c1-3-33(25(34)20-14-18(26)6-7-19(20)24-29-10-4-11-30-24)16(2)15-32-12-9-23(31-32)17-5-8-21(27)22(28)13-17/h4-14,16H,3,15H2,1-2H3/t16-/m0/s1. The van der Waals surface area contributed by atoms with E-state index in [2.05, 4.69) is 15.1 Å². The molecule has 0 radical (unpaired) electrons. The third kappa shape index (κ3) is 4.83. The smallest absolute Gasteiger partial charge is 0.255 e. The van der Waals surface area contributed by atoms with Crippen molar-refractivity contribution in [1.82, 2.24) is 24.6 Å². The Labute approximate surface area is 194 Å². The Morgan fingerprint density at radius 1 is 1.03 bits per heavy atom. The van der Waals surface area contributed by atoms with Crippen LogP contribution in [0.25, 0.3) is 22.6 Å². The fraction of sp³-hybridized carbons (Fsp3) is 0.200. The molecule has 2 aromatic heterocycles. The molecule has 2 aromatic carbocycles. The molecule has 1 amide bonds. The van der Waals surface area contributed by atoms with E-state index in [0.717, 1.165) is 12.1 Å². The van der Waals surface area contributed by atoms with Crippen LogP contribution in [0.15, 0.2) is 67.1 Å². The molecular weight excluding hydrogens is 443 g/mol. The van der Waals surface area contributed by atoms with Gasteiger partial charge in [0.2, 0.25) is 0 Å². The molecule has 4 aromatic rings. The number of hydrogen-bond donors (Lipinski definition) is 0. The highest BCUT2D eigenvalue weighted by molar-refractivity contribution is 6.00. The Balaban J connectivity index is 1.57. The van der Waals surface area contributed by atoms with Gasteiger partial charge >= 0.3 is 0 Å². The molecule has 0 saturated carbocycles. The van der Waals surface area contributed by atoms with Gasteiger partial charge in [0.15, 0.2) is 17.5 Å². The molecule has 174 valence electrons. The molecule has 4 rings (SSSR count). The first kappa shape index (κ1) is 23.2. The molecule has 2 heterocycles.